The Balaban J connectivity index is 1.60. The maximum Gasteiger partial charge on any atom is 0.163 e. The van der Waals surface area contributed by atoms with Gasteiger partial charge in [0.05, 0.1) is 0 Å². The van der Waals surface area contributed by atoms with Crippen LogP contribution in [0, 0.1) is 0 Å². The van der Waals surface area contributed by atoms with Crippen LogP contribution in [0.4, 0.5) is 5.82 Å². The van der Waals surface area contributed by atoms with Gasteiger partial charge in [0, 0.05) is 25.4 Å². The second-order valence-corrected chi connectivity index (χ2v) is 5.60. The van der Waals surface area contributed by atoms with E-state index in [0.717, 1.165) is 30.8 Å². The Labute approximate surface area is 141 Å². The number of aryl methyl sites for hydroxylation is 1. The number of nitrogens with one attached hydrogen (secondary N) is 1. The third-order valence-electron chi connectivity index (χ3n) is 3.92. The van der Waals surface area contributed by atoms with Gasteiger partial charge in [-0.2, -0.15) is 0 Å². The van der Waals surface area contributed by atoms with E-state index in [1.54, 1.807) is 10.8 Å². The summed E-state index contributed by atoms with van der Waals surface area (Å²) in [7, 11) is 1.84. The maximum absolute atomic E-state index is 9.22. The number of aromatic nitrogens is 4. The topological polar surface area (TPSA) is 75.9 Å². The molecule has 0 radical (unpaired) electrons. The van der Waals surface area contributed by atoms with Crippen molar-refractivity contribution in [3.8, 4) is 11.4 Å². The molecule has 0 atom stereocenters. The Hall–Kier alpha value is -2.73. The Morgan fingerprint density at radius 2 is 1.96 bits per heavy atom. The molecular formula is C18H21N5O. The average molecular weight is 323 g/mol. The number of pyridine rings is 1. The minimum atomic E-state index is -0.126. The number of rotatable bonds is 7. The lowest BCUT2D eigenvalue weighted by atomic mass is 10.1. The third-order valence-corrected chi connectivity index (χ3v) is 3.92. The summed E-state index contributed by atoms with van der Waals surface area (Å²) in [4.78, 5) is 4.35. The highest BCUT2D eigenvalue weighted by molar-refractivity contribution is 5.59. The van der Waals surface area contributed by atoms with Crippen molar-refractivity contribution in [2.24, 2.45) is 7.05 Å². The van der Waals surface area contributed by atoms with Gasteiger partial charge in [0.2, 0.25) is 0 Å². The van der Waals surface area contributed by atoms with Crippen molar-refractivity contribution in [1.29, 1.82) is 0 Å². The zero-order valence-electron chi connectivity index (χ0n) is 13.7. The molecule has 2 aromatic heterocycles. The Kier molecular flexibility index (Phi) is 5.18. The molecule has 0 aliphatic rings. The summed E-state index contributed by atoms with van der Waals surface area (Å²) in [6, 6.07) is 14.3. The number of aliphatic hydroxyl groups excluding tert-OH is 1. The fourth-order valence-corrected chi connectivity index (χ4v) is 2.57. The van der Waals surface area contributed by atoms with E-state index in [1.807, 2.05) is 25.2 Å². The van der Waals surface area contributed by atoms with Crippen LogP contribution in [0.1, 0.15) is 17.8 Å². The Bertz CT molecular complexity index is 785. The number of hydrogen-bond donors (Lipinski definition) is 2. The fraction of sp³-hybridized carbons (Fsp3) is 0.278. The molecule has 0 saturated heterocycles. The molecule has 0 saturated carbocycles. The second-order valence-electron chi connectivity index (χ2n) is 5.60. The summed E-state index contributed by atoms with van der Waals surface area (Å²) in [5, 5.41) is 20.7. The van der Waals surface area contributed by atoms with Crippen molar-refractivity contribution in [3.63, 3.8) is 0 Å². The van der Waals surface area contributed by atoms with Crippen LogP contribution in [0.5, 0.6) is 0 Å². The summed E-state index contributed by atoms with van der Waals surface area (Å²) in [5.74, 6) is 2.07. The number of benzene rings is 1. The molecule has 124 valence electrons. The van der Waals surface area contributed by atoms with Crippen LogP contribution < -0.4 is 5.32 Å². The zero-order chi connectivity index (χ0) is 16.8. The van der Waals surface area contributed by atoms with Crippen LogP contribution in [0.3, 0.4) is 0 Å². The molecule has 1 aromatic carbocycles. The lowest BCUT2D eigenvalue weighted by Gasteiger charge is -2.08. The molecule has 2 N–H and O–H groups in total. The number of hydrogen-bond acceptors (Lipinski definition) is 5. The first-order valence-electron chi connectivity index (χ1n) is 8.01. The maximum atomic E-state index is 9.22. The van der Waals surface area contributed by atoms with Crippen molar-refractivity contribution in [3.05, 3.63) is 60.0 Å². The highest BCUT2D eigenvalue weighted by atomic mass is 16.3. The minimum Gasteiger partial charge on any atom is -0.388 e. The van der Waals surface area contributed by atoms with Crippen molar-refractivity contribution < 1.29 is 5.11 Å². The van der Waals surface area contributed by atoms with Crippen molar-refractivity contribution in [2.75, 3.05) is 11.9 Å². The molecule has 6 nitrogen and oxygen atoms in total. The first-order valence-corrected chi connectivity index (χ1v) is 8.01. The van der Waals surface area contributed by atoms with E-state index in [0.29, 0.717) is 11.6 Å². The quantitative estimate of drug-likeness (QED) is 0.653. The molecule has 3 aromatic rings. The summed E-state index contributed by atoms with van der Waals surface area (Å²) in [6.07, 6.45) is 3.83. The molecule has 0 aliphatic heterocycles. The molecule has 0 aliphatic carbocycles. The summed E-state index contributed by atoms with van der Waals surface area (Å²) in [6.45, 7) is 0.727. The molecule has 0 spiro atoms. The highest BCUT2D eigenvalue weighted by Crippen LogP contribution is 2.19. The van der Waals surface area contributed by atoms with Crippen LogP contribution >= 0.6 is 0 Å². The van der Waals surface area contributed by atoms with Gasteiger partial charge in [0.25, 0.3) is 0 Å². The van der Waals surface area contributed by atoms with Gasteiger partial charge in [-0.3, -0.25) is 0 Å². The van der Waals surface area contributed by atoms with E-state index in [9.17, 15) is 5.11 Å². The molecule has 0 unspecified atom stereocenters. The van der Waals surface area contributed by atoms with Crippen LogP contribution in [0.25, 0.3) is 11.4 Å². The molecule has 6 heteroatoms. The van der Waals surface area contributed by atoms with Crippen LogP contribution in [0.2, 0.25) is 0 Å². The molecule has 0 amide bonds. The molecule has 2 heterocycles. The van der Waals surface area contributed by atoms with E-state index in [-0.39, 0.29) is 6.61 Å². The first kappa shape index (κ1) is 16.1. The molecule has 0 fully saturated rings. The number of aliphatic hydroxyl groups is 1. The van der Waals surface area contributed by atoms with Gasteiger partial charge >= 0.3 is 0 Å². The normalized spacial score (nSPS) is 10.8. The van der Waals surface area contributed by atoms with Gasteiger partial charge in [-0.25, -0.2) is 4.98 Å². The first-order chi connectivity index (χ1) is 11.8. The van der Waals surface area contributed by atoms with E-state index in [2.05, 4.69) is 44.8 Å². The Morgan fingerprint density at radius 3 is 2.71 bits per heavy atom. The van der Waals surface area contributed by atoms with Crippen molar-refractivity contribution in [2.45, 2.75) is 19.4 Å². The summed E-state index contributed by atoms with van der Waals surface area (Å²) in [5.41, 5.74) is 2.27. The van der Waals surface area contributed by atoms with Gasteiger partial charge in [0.1, 0.15) is 12.4 Å². The van der Waals surface area contributed by atoms with Gasteiger partial charge in [-0.05, 0) is 30.5 Å². The minimum absolute atomic E-state index is 0.126. The molecule has 24 heavy (non-hydrogen) atoms. The van der Waals surface area contributed by atoms with Crippen LogP contribution in [0.15, 0.2) is 48.7 Å². The van der Waals surface area contributed by atoms with E-state index in [4.69, 9.17) is 0 Å². The van der Waals surface area contributed by atoms with Gasteiger partial charge in [-0.15, -0.1) is 10.2 Å². The second kappa shape index (κ2) is 7.70. The van der Waals surface area contributed by atoms with Crippen molar-refractivity contribution >= 4 is 5.82 Å². The predicted molar refractivity (Wildman–Crippen MR) is 93.4 cm³/mol. The highest BCUT2D eigenvalue weighted by Gasteiger charge is 2.10. The lowest BCUT2D eigenvalue weighted by Crippen LogP contribution is -2.05. The van der Waals surface area contributed by atoms with Crippen molar-refractivity contribution in [1.82, 2.24) is 19.7 Å². The fourth-order valence-electron chi connectivity index (χ4n) is 2.57. The molecular weight excluding hydrogens is 302 g/mol. The predicted octanol–water partition coefficient (Wildman–Crippen LogP) is 2.41. The SMILES string of the molecule is Cn1c(CO)nnc1-c1ccnc(NCCCc2ccccc2)c1. The largest absolute Gasteiger partial charge is 0.388 e. The van der Waals surface area contributed by atoms with Gasteiger partial charge in [0.15, 0.2) is 11.6 Å². The Morgan fingerprint density at radius 1 is 1.12 bits per heavy atom. The van der Waals surface area contributed by atoms with Gasteiger partial charge < -0.3 is 15.0 Å². The number of nitrogens with zero attached hydrogens (tertiary/aromatic N) is 4. The van der Waals surface area contributed by atoms with Gasteiger partial charge in [-0.1, -0.05) is 30.3 Å². The monoisotopic (exact) mass is 323 g/mol. The smallest absolute Gasteiger partial charge is 0.163 e. The standard InChI is InChI=1S/C18H21N5O/c1-23-17(13-24)21-22-18(23)15-9-11-20-16(12-15)19-10-5-8-14-6-3-2-4-7-14/h2-4,6-7,9,11-12,24H,5,8,10,13H2,1H3,(H,19,20). The lowest BCUT2D eigenvalue weighted by molar-refractivity contribution is 0.267. The average Bonchev–Trinajstić information content (AvgIpc) is 3.00. The van der Waals surface area contributed by atoms with E-state index < -0.39 is 0 Å². The van der Waals surface area contributed by atoms with Crippen LogP contribution in [-0.2, 0) is 20.1 Å². The molecule has 0 bridgehead atoms. The van der Waals surface area contributed by atoms with Crippen LogP contribution in [-0.4, -0.2) is 31.4 Å². The third kappa shape index (κ3) is 3.78. The van der Waals surface area contributed by atoms with E-state index >= 15 is 0 Å². The zero-order valence-corrected chi connectivity index (χ0v) is 13.7. The van der Waals surface area contributed by atoms with E-state index in [1.165, 1.54) is 5.56 Å². The summed E-state index contributed by atoms with van der Waals surface area (Å²) >= 11 is 0. The summed E-state index contributed by atoms with van der Waals surface area (Å²) < 4.78 is 1.79. The number of anilines is 1. The molecule has 3 rings (SSSR count).